The second-order valence-corrected chi connectivity index (χ2v) is 8.13. The Morgan fingerprint density at radius 1 is 1.39 bits per heavy atom. The Morgan fingerprint density at radius 3 is 2.87 bits per heavy atom. The molecule has 3 aromatic heterocycles. The van der Waals surface area contributed by atoms with Gasteiger partial charge in [0.1, 0.15) is 9.47 Å². The number of nitrogens with one attached hydrogen (secondary N) is 1. The lowest BCUT2D eigenvalue weighted by molar-refractivity contribution is -0.0379. The van der Waals surface area contributed by atoms with Crippen LogP contribution in [0.1, 0.15) is 35.7 Å². The van der Waals surface area contributed by atoms with Crippen molar-refractivity contribution < 1.29 is 4.74 Å². The van der Waals surface area contributed by atoms with Gasteiger partial charge in [-0.25, -0.2) is 9.67 Å². The molecule has 0 saturated carbocycles. The first-order chi connectivity index (χ1) is 10.8. The predicted molar refractivity (Wildman–Crippen MR) is 94.0 cm³/mol. The third-order valence-electron chi connectivity index (χ3n) is 4.14. The van der Waals surface area contributed by atoms with E-state index in [9.17, 15) is 0 Å². The topological polar surface area (TPSA) is 55.7 Å². The smallest absolute Gasteiger partial charge is 0.230 e. The molecule has 0 aromatic carbocycles. The van der Waals surface area contributed by atoms with Crippen LogP contribution in [-0.2, 0) is 17.8 Å². The highest BCUT2D eigenvalue weighted by Crippen LogP contribution is 2.38. The SMILES string of the molecule is Cc1cc(C)n(-c2nc3sc4c(c3c(=S)[nH]2)CC(C)(C)OC4)n1. The molecule has 0 aliphatic carbocycles. The second kappa shape index (κ2) is 4.96. The van der Waals surface area contributed by atoms with Gasteiger partial charge in [-0.2, -0.15) is 5.10 Å². The Hall–Kier alpha value is -1.57. The minimum absolute atomic E-state index is 0.156. The minimum atomic E-state index is -0.156. The third kappa shape index (κ3) is 2.43. The van der Waals surface area contributed by atoms with Crippen LogP contribution in [0, 0.1) is 18.5 Å². The van der Waals surface area contributed by atoms with Crippen molar-refractivity contribution >= 4 is 33.8 Å². The van der Waals surface area contributed by atoms with Crippen LogP contribution in [0.3, 0.4) is 0 Å². The van der Waals surface area contributed by atoms with Crippen LogP contribution < -0.4 is 0 Å². The highest BCUT2D eigenvalue weighted by Gasteiger charge is 2.30. The van der Waals surface area contributed by atoms with Crippen LogP contribution in [0.2, 0.25) is 0 Å². The molecule has 1 aliphatic rings. The zero-order valence-electron chi connectivity index (χ0n) is 13.6. The van der Waals surface area contributed by atoms with Crippen molar-refractivity contribution in [3.63, 3.8) is 0 Å². The summed E-state index contributed by atoms with van der Waals surface area (Å²) in [6.45, 7) is 8.85. The molecule has 23 heavy (non-hydrogen) atoms. The summed E-state index contributed by atoms with van der Waals surface area (Å²) in [5, 5.41) is 5.56. The largest absolute Gasteiger partial charge is 0.370 e. The summed E-state index contributed by atoms with van der Waals surface area (Å²) in [7, 11) is 0. The molecule has 0 unspecified atom stereocenters. The highest BCUT2D eigenvalue weighted by molar-refractivity contribution is 7.71. The Labute approximate surface area is 143 Å². The van der Waals surface area contributed by atoms with Crippen LogP contribution in [-0.4, -0.2) is 25.3 Å². The molecule has 4 heterocycles. The molecule has 0 radical (unpaired) electrons. The van der Waals surface area contributed by atoms with Crippen LogP contribution in [0.25, 0.3) is 16.2 Å². The van der Waals surface area contributed by atoms with Gasteiger partial charge in [-0.3, -0.25) is 0 Å². The molecule has 0 bridgehead atoms. The number of hydrogen-bond acceptors (Lipinski definition) is 5. The lowest BCUT2D eigenvalue weighted by Gasteiger charge is -2.30. The van der Waals surface area contributed by atoms with Crippen molar-refractivity contribution in [2.24, 2.45) is 0 Å². The van der Waals surface area contributed by atoms with Crippen molar-refractivity contribution in [1.82, 2.24) is 19.7 Å². The monoisotopic (exact) mass is 346 g/mol. The van der Waals surface area contributed by atoms with E-state index in [1.165, 1.54) is 10.4 Å². The van der Waals surface area contributed by atoms with E-state index in [2.05, 4.69) is 23.9 Å². The van der Waals surface area contributed by atoms with Crippen molar-refractivity contribution in [2.45, 2.75) is 46.3 Å². The molecule has 0 saturated heterocycles. The van der Waals surface area contributed by atoms with E-state index in [4.69, 9.17) is 21.9 Å². The van der Waals surface area contributed by atoms with Gasteiger partial charge in [0, 0.05) is 22.4 Å². The molecule has 120 valence electrons. The Bertz CT molecular complexity index is 980. The van der Waals surface area contributed by atoms with Crippen molar-refractivity contribution in [3.8, 4) is 5.95 Å². The molecule has 0 amide bonds. The number of H-pyrrole nitrogens is 1. The summed E-state index contributed by atoms with van der Waals surface area (Å²) in [5.74, 6) is 0.673. The summed E-state index contributed by atoms with van der Waals surface area (Å²) < 4.78 is 8.46. The standard InChI is InChI=1S/C16H18N4OS2/c1-8-5-9(2)20(19-8)15-17-13(22)12-10-6-16(3,4)21-7-11(10)23-14(12)18-15/h5H,6-7H2,1-4H3,(H,17,18,22). The average molecular weight is 346 g/mol. The molecule has 1 N–H and O–H groups in total. The number of hydrogen-bond donors (Lipinski definition) is 1. The summed E-state index contributed by atoms with van der Waals surface area (Å²) in [6.07, 6.45) is 0.862. The molecule has 1 aliphatic heterocycles. The van der Waals surface area contributed by atoms with Gasteiger partial charge in [-0.05, 0) is 39.3 Å². The maximum Gasteiger partial charge on any atom is 0.230 e. The maximum absolute atomic E-state index is 5.92. The number of nitrogens with zero attached hydrogens (tertiary/aromatic N) is 3. The number of fused-ring (bicyclic) bond motifs is 3. The van der Waals surface area contributed by atoms with E-state index in [1.54, 1.807) is 11.3 Å². The van der Waals surface area contributed by atoms with Crippen LogP contribution in [0.4, 0.5) is 0 Å². The zero-order valence-corrected chi connectivity index (χ0v) is 15.2. The van der Waals surface area contributed by atoms with Gasteiger partial charge in [0.25, 0.3) is 0 Å². The number of thiophene rings is 1. The third-order valence-corrected chi connectivity index (χ3v) is 5.54. The first-order valence-electron chi connectivity index (χ1n) is 7.56. The number of ether oxygens (including phenoxy) is 1. The summed E-state index contributed by atoms with van der Waals surface area (Å²) in [6, 6.07) is 2.03. The van der Waals surface area contributed by atoms with E-state index < -0.39 is 0 Å². The predicted octanol–water partition coefficient (Wildman–Crippen LogP) is 4.01. The van der Waals surface area contributed by atoms with E-state index in [0.29, 0.717) is 12.6 Å². The first-order valence-corrected chi connectivity index (χ1v) is 8.79. The van der Waals surface area contributed by atoms with Crippen LogP contribution in [0.15, 0.2) is 6.07 Å². The quantitative estimate of drug-likeness (QED) is 0.677. The summed E-state index contributed by atoms with van der Waals surface area (Å²) in [5.41, 5.74) is 3.13. The lowest BCUT2D eigenvalue weighted by atomic mass is 9.95. The summed E-state index contributed by atoms with van der Waals surface area (Å²) in [4.78, 5) is 10.2. The van der Waals surface area contributed by atoms with E-state index in [-0.39, 0.29) is 5.60 Å². The Morgan fingerprint density at radius 2 is 2.17 bits per heavy atom. The van der Waals surface area contributed by atoms with Crippen LogP contribution in [0.5, 0.6) is 0 Å². The molecule has 5 nitrogen and oxygen atoms in total. The van der Waals surface area contributed by atoms with Gasteiger partial charge < -0.3 is 9.72 Å². The van der Waals surface area contributed by atoms with E-state index >= 15 is 0 Å². The maximum atomic E-state index is 5.92. The van der Waals surface area contributed by atoms with Gasteiger partial charge in [0.15, 0.2) is 0 Å². The fraction of sp³-hybridized carbons (Fsp3) is 0.438. The van der Waals surface area contributed by atoms with Gasteiger partial charge >= 0.3 is 0 Å². The molecule has 4 rings (SSSR count). The van der Waals surface area contributed by atoms with Crippen LogP contribution >= 0.6 is 23.6 Å². The second-order valence-electron chi connectivity index (χ2n) is 6.64. The molecular weight excluding hydrogens is 328 g/mol. The minimum Gasteiger partial charge on any atom is -0.370 e. The fourth-order valence-electron chi connectivity index (χ4n) is 3.08. The van der Waals surface area contributed by atoms with Gasteiger partial charge in [0.05, 0.1) is 17.9 Å². The fourth-order valence-corrected chi connectivity index (χ4v) is 4.57. The molecular formula is C16H18N4OS2. The number of rotatable bonds is 1. The van der Waals surface area contributed by atoms with Crippen molar-refractivity contribution in [1.29, 1.82) is 0 Å². The number of aryl methyl sites for hydroxylation is 2. The van der Waals surface area contributed by atoms with Gasteiger partial charge in [-0.1, -0.05) is 12.2 Å². The van der Waals surface area contributed by atoms with E-state index in [0.717, 1.165) is 32.7 Å². The molecule has 0 atom stereocenters. The molecule has 0 spiro atoms. The van der Waals surface area contributed by atoms with Gasteiger partial charge in [0.2, 0.25) is 5.95 Å². The molecule has 0 fully saturated rings. The van der Waals surface area contributed by atoms with Crippen molar-refractivity contribution in [3.05, 3.63) is 32.5 Å². The Balaban J connectivity index is 1.94. The zero-order chi connectivity index (χ0) is 16.4. The lowest BCUT2D eigenvalue weighted by Crippen LogP contribution is -2.31. The van der Waals surface area contributed by atoms with Crippen molar-refractivity contribution in [2.75, 3.05) is 0 Å². The normalized spacial score (nSPS) is 16.7. The average Bonchev–Trinajstić information content (AvgIpc) is 2.97. The highest BCUT2D eigenvalue weighted by atomic mass is 32.1. The first kappa shape index (κ1) is 15.0. The molecule has 7 heteroatoms. The Kier molecular flexibility index (Phi) is 3.23. The molecule has 3 aromatic rings. The van der Waals surface area contributed by atoms with Gasteiger partial charge in [-0.15, -0.1) is 11.3 Å². The van der Waals surface area contributed by atoms with E-state index in [1.807, 2.05) is 24.6 Å². The number of aromatic nitrogens is 4. The number of aromatic amines is 1. The summed E-state index contributed by atoms with van der Waals surface area (Å²) >= 11 is 7.31.